The molecule has 0 spiro atoms. The van der Waals surface area contributed by atoms with Crippen LogP contribution in [0.1, 0.15) is 22.7 Å². The van der Waals surface area contributed by atoms with Crippen LogP contribution < -0.4 is 15.8 Å². The highest BCUT2D eigenvalue weighted by atomic mass is 127. The maximum atomic E-state index is 6.17. The number of aryl methyl sites for hydroxylation is 2. The lowest BCUT2D eigenvalue weighted by molar-refractivity contribution is 0.0180. The van der Waals surface area contributed by atoms with Gasteiger partial charge in [-0.2, -0.15) is 0 Å². The molecule has 1 aliphatic rings. The van der Waals surface area contributed by atoms with Gasteiger partial charge in [0.05, 0.1) is 32.9 Å². The Balaban J connectivity index is 0.00000300. The number of aliphatic imine (C=N–C) groups is 1. The van der Waals surface area contributed by atoms with Crippen LogP contribution in [0.4, 0.5) is 5.69 Å². The Morgan fingerprint density at radius 1 is 1.14 bits per heavy atom. The topological polar surface area (TPSA) is 72.1 Å². The second-order valence-electron chi connectivity index (χ2n) is 7.09. The monoisotopic (exact) mass is 510 g/mol. The Morgan fingerprint density at radius 2 is 1.83 bits per heavy atom. The highest BCUT2D eigenvalue weighted by molar-refractivity contribution is 14.0. The van der Waals surface area contributed by atoms with Gasteiger partial charge >= 0.3 is 0 Å². The first-order valence-corrected chi connectivity index (χ1v) is 9.67. The third-order valence-electron chi connectivity index (χ3n) is 5.20. The average Bonchev–Trinajstić information content (AvgIpc) is 2.72. The maximum Gasteiger partial charge on any atom is 0.193 e. The Morgan fingerprint density at radius 3 is 2.45 bits per heavy atom. The summed E-state index contributed by atoms with van der Waals surface area (Å²) in [7, 11) is 1.68. The zero-order chi connectivity index (χ0) is 19.9. The lowest BCUT2D eigenvalue weighted by atomic mass is 10.0. The van der Waals surface area contributed by atoms with E-state index in [9.17, 15) is 0 Å². The van der Waals surface area contributed by atoms with Crippen molar-refractivity contribution in [2.24, 2.45) is 10.7 Å². The molecule has 2 aromatic rings. The highest BCUT2D eigenvalue weighted by Gasteiger charge is 2.22. The van der Waals surface area contributed by atoms with Crippen molar-refractivity contribution in [2.75, 3.05) is 45.3 Å². The van der Waals surface area contributed by atoms with E-state index in [1.165, 1.54) is 16.7 Å². The second kappa shape index (κ2) is 11.4. The van der Waals surface area contributed by atoms with Crippen molar-refractivity contribution in [1.82, 2.24) is 4.90 Å². The Labute approximate surface area is 190 Å². The third kappa shape index (κ3) is 6.58. The molecule has 29 heavy (non-hydrogen) atoms. The smallest absolute Gasteiger partial charge is 0.193 e. The van der Waals surface area contributed by atoms with Crippen LogP contribution in [0.3, 0.4) is 0 Å². The van der Waals surface area contributed by atoms with Crippen LogP contribution in [0.25, 0.3) is 0 Å². The number of halogens is 1. The molecular formula is C22H31IN4O2. The summed E-state index contributed by atoms with van der Waals surface area (Å²) in [5.74, 6) is 1.28. The van der Waals surface area contributed by atoms with Crippen LogP contribution >= 0.6 is 24.0 Å². The summed E-state index contributed by atoms with van der Waals surface area (Å²) in [6.45, 7) is 8.02. The minimum Gasteiger partial charge on any atom is -0.497 e. The van der Waals surface area contributed by atoms with Crippen LogP contribution in [0.15, 0.2) is 47.5 Å². The van der Waals surface area contributed by atoms with Crippen molar-refractivity contribution in [1.29, 1.82) is 0 Å². The van der Waals surface area contributed by atoms with E-state index in [4.69, 9.17) is 15.2 Å². The van der Waals surface area contributed by atoms with Gasteiger partial charge in [0.15, 0.2) is 5.96 Å². The highest BCUT2D eigenvalue weighted by Crippen LogP contribution is 2.24. The van der Waals surface area contributed by atoms with E-state index in [0.29, 0.717) is 12.5 Å². The number of hydrogen-bond acceptors (Lipinski definition) is 4. The SMILES string of the molecule is COc1ccc(C(CN=C(N)Nc2ccc(C)c(C)c2)N2CCOCC2)cc1.I. The summed E-state index contributed by atoms with van der Waals surface area (Å²) in [5, 5.41) is 3.20. The van der Waals surface area contributed by atoms with Gasteiger partial charge < -0.3 is 20.5 Å². The molecule has 0 aromatic heterocycles. The van der Waals surface area contributed by atoms with Crippen LogP contribution in [0.5, 0.6) is 5.75 Å². The minimum absolute atomic E-state index is 0. The molecule has 1 heterocycles. The Hall–Kier alpha value is -1.84. The largest absolute Gasteiger partial charge is 0.497 e. The minimum atomic E-state index is 0. The summed E-state index contributed by atoms with van der Waals surface area (Å²) in [5.41, 5.74) is 10.8. The molecule has 0 amide bonds. The fourth-order valence-electron chi connectivity index (χ4n) is 3.34. The summed E-state index contributed by atoms with van der Waals surface area (Å²) >= 11 is 0. The number of ether oxygens (including phenoxy) is 2. The van der Waals surface area contributed by atoms with Gasteiger partial charge in [0.2, 0.25) is 0 Å². The predicted octanol–water partition coefficient (Wildman–Crippen LogP) is 3.73. The molecule has 0 bridgehead atoms. The number of methoxy groups -OCH3 is 1. The molecule has 1 saturated heterocycles. The zero-order valence-electron chi connectivity index (χ0n) is 17.4. The van der Waals surface area contributed by atoms with E-state index in [-0.39, 0.29) is 30.0 Å². The third-order valence-corrected chi connectivity index (χ3v) is 5.20. The molecule has 7 heteroatoms. The molecule has 0 saturated carbocycles. The molecule has 3 N–H and O–H groups in total. The summed E-state index contributed by atoms with van der Waals surface area (Å²) < 4.78 is 10.8. The number of nitrogens with zero attached hydrogens (tertiary/aromatic N) is 2. The summed E-state index contributed by atoms with van der Waals surface area (Å²) in [6, 6.07) is 14.5. The lowest BCUT2D eigenvalue weighted by Crippen LogP contribution is -2.40. The van der Waals surface area contributed by atoms with Crippen molar-refractivity contribution in [3.63, 3.8) is 0 Å². The zero-order valence-corrected chi connectivity index (χ0v) is 19.7. The molecule has 1 atom stereocenters. The fraction of sp³-hybridized carbons (Fsp3) is 0.409. The van der Waals surface area contributed by atoms with Gasteiger partial charge in [0.1, 0.15) is 5.75 Å². The fourth-order valence-corrected chi connectivity index (χ4v) is 3.34. The first kappa shape index (κ1) is 23.4. The van der Waals surface area contributed by atoms with Crippen LogP contribution in [-0.2, 0) is 4.74 Å². The van der Waals surface area contributed by atoms with E-state index in [1.54, 1.807) is 7.11 Å². The Bertz CT molecular complexity index is 805. The van der Waals surface area contributed by atoms with Gasteiger partial charge in [-0.15, -0.1) is 24.0 Å². The normalized spacial score (nSPS) is 16.0. The summed E-state index contributed by atoms with van der Waals surface area (Å²) in [4.78, 5) is 7.04. The molecule has 1 fully saturated rings. The number of rotatable bonds is 6. The molecule has 1 aliphatic heterocycles. The predicted molar refractivity (Wildman–Crippen MR) is 130 cm³/mol. The molecule has 6 nitrogen and oxygen atoms in total. The van der Waals surface area contributed by atoms with Gasteiger partial charge in [-0.05, 0) is 54.8 Å². The number of hydrogen-bond donors (Lipinski definition) is 2. The van der Waals surface area contributed by atoms with Crippen LogP contribution in [0, 0.1) is 13.8 Å². The quantitative estimate of drug-likeness (QED) is 0.352. The van der Waals surface area contributed by atoms with E-state index in [2.05, 4.69) is 53.3 Å². The molecular weight excluding hydrogens is 479 g/mol. The first-order valence-electron chi connectivity index (χ1n) is 9.67. The van der Waals surface area contributed by atoms with Crippen molar-refractivity contribution >= 4 is 35.6 Å². The van der Waals surface area contributed by atoms with Crippen molar-refractivity contribution < 1.29 is 9.47 Å². The number of nitrogens with one attached hydrogen (secondary N) is 1. The summed E-state index contributed by atoms with van der Waals surface area (Å²) in [6.07, 6.45) is 0. The van der Waals surface area contributed by atoms with Crippen LogP contribution in [0.2, 0.25) is 0 Å². The van der Waals surface area contributed by atoms with Crippen molar-refractivity contribution in [2.45, 2.75) is 19.9 Å². The molecule has 1 unspecified atom stereocenters. The van der Waals surface area contributed by atoms with Crippen LogP contribution in [-0.4, -0.2) is 50.8 Å². The van der Waals surface area contributed by atoms with E-state index in [1.807, 2.05) is 18.2 Å². The maximum absolute atomic E-state index is 6.17. The van der Waals surface area contributed by atoms with Crippen molar-refractivity contribution in [3.05, 3.63) is 59.2 Å². The van der Waals surface area contributed by atoms with Gasteiger partial charge in [0, 0.05) is 18.8 Å². The number of morpholine rings is 1. The van der Waals surface area contributed by atoms with Gasteiger partial charge in [-0.3, -0.25) is 9.89 Å². The number of benzene rings is 2. The number of anilines is 1. The van der Waals surface area contributed by atoms with Gasteiger partial charge in [0.25, 0.3) is 0 Å². The first-order chi connectivity index (χ1) is 13.6. The number of guanidine groups is 1. The van der Waals surface area contributed by atoms with Gasteiger partial charge in [-0.1, -0.05) is 18.2 Å². The molecule has 158 valence electrons. The second-order valence-corrected chi connectivity index (χ2v) is 7.09. The van der Waals surface area contributed by atoms with Gasteiger partial charge in [-0.25, -0.2) is 0 Å². The van der Waals surface area contributed by atoms with E-state index < -0.39 is 0 Å². The van der Waals surface area contributed by atoms with E-state index in [0.717, 1.165) is 37.7 Å². The Kier molecular flexibility index (Phi) is 9.19. The lowest BCUT2D eigenvalue weighted by Gasteiger charge is -2.34. The standard InChI is InChI=1S/C22H30N4O2.HI/c1-16-4-7-19(14-17(16)2)25-22(23)24-15-21(26-10-12-28-13-11-26)18-5-8-20(27-3)9-6-18;/h4-9,14,21H,10-13,15H2,1-3H3,(H3,23,24,25);1H. The molecule has 0 radical (unpaired) electrons. The van der Waals surface area contributed by atoms with Crippen molar-refractivity contribution in [3.8, 4) is 5.75 Å². The molecule has 2 aromatic carbocycles. The molecule has 0 aliphatic carbocycles. The van der Waals surface area contributed by atoms with E-state index >= 15 is 0 Å². The molecule has 3 rings (SSSR count). The average molecular weight is 510 g/mol. The number of nitrogens with two attached hydrogens (primary N) is 1.